The molecule has 11 unspecified atom stereocenters. The van der Waals surface area contributed by atoms with Crippen molar-refractivity contribution in [1.29, 1.82) is 0 Å². The van der Waals surface area contributed by atoms with Gasteiger partial charge in [0.15, 0.2) is 5.78 Å². The smallest absolute Gasteiger partial charge is 0.243 e. The summed E-state index contributed by atoms with van der Waals surface area (Å²) in [6.45, 7) is 13.6. The van der Waals surface area contributed by atoms with Crippen LogP contribution in [-0.2, 0) is 40.0 Å². The fourth-order valence-corrected chi connectivity index (χ4v) is 13.1. The third-order valence-corrected chi connectivity index (χ3v) is 17.3. The van der Waals surface area contributed by atoms with Gasteiger partial charge in [0.2, 0.25) is 5.91 Å². The summed E-state index contributed by atoms with van der Waals surface area (Å²) < 4.78 is 6.23. The van der Waals surface area contributed by atoms with Crippen LogP contribution in [0.5, 0.6) is 5.75 Å². The normalized spacial score (nSPS) is 31.6. The molecule has 2 bridgehead atoms. The van der Waals surface area contributed by atoms with Crippen molar-refractivity contribution < 1.29 is 39.9 Å². The molecule has 8 rings (SSSR count). The minimum atomic E-state index is -1.34. The summed E-state index contributed by atoms with van der Waals surface area (Å²) in [5.74, 6) is 4.89. The molecule has 12 nitrogen and oxygen atoms in total. The molecule has 11 atom stereocenters. The van der Waals surface area contributed by atoms with Crippen molar-refractivity contribution in [3.05, 3.63) is 159 Å². The first-order chi connectivity index (χ1) is 36.0. The van der Waals surface area contributed by atoms with E-state index in [9.17, 15) is 30.3 Å². The van der Waals surface area contributed by atoms with Crippen LogP contribution in [0.2, 0.25) is 0 Å². The van der Waals surface area contributed by atoms with Crippen molar-refractivity contribution in [2.45, 2.75) is 147 Å². The number of carbonyl (C=O) groups excluding carboxylic acids is 2. The lowest BCUT2D eigenvalue weighted by atomic mass is 9.52. The SMILES string of the molecule is C=C1C=CC=C(C2CCC3(C4CCC(O)Cc5cccc(c5)CC(Cc5ccc(O)cc5)C(O)CNC5C(=O)NC(N)c6cccc(c65)CC(=O)C(C)=C4CCC3(C)O)C2O)COCC#CCC(C)=CCC1NCC. The summed E-state index contributed by atoms with van der Waals surface area (Å²) in [6.07, 6.45) is 9.97. The van der Waals surface area contributed by atoms with Crippen molar-refractivity contribution in [1.82, 2.24) is 16.0 Å². The molecule has 2 aliphatic carbocycles. The van der Waals surface area contributed by atoms with E-state index < -0.39 is 47.5 Å². The van der Waals surface area contributed by atoms with Crippen LogP contribution in [0, 0.1) is 35.0 Å². The highest BCUT2D eigenvalue weighted by Gasteiger charge is 2.64. The monoisotopic (exact) mass is 1020 g/mol. The Kier molecular flexibility index (Phi) is 18.4. The minimum absolute atomic E-state index is 0.0315. The first-order valence-electron chi connectivity index (χ1n) is 27.2. The fourth-order valence-electron chi connectivity index (χ4n) is 13.1. The van der Waals surface area contributed by atoms with E-state index in [2.05, 4.69) is 60.4 Å². The largest absolute Gasteiger partial charge is 0.508 e. The molecule has 5 aliphatic rings. The molecule has 2 saturated carbocycles. The Labute approximate surface area is 444 Å². The lowest BCUT2D eigenvalue weighted by molar-refractivity contribution is -0.168. The number of phenols is 1. The second kappa shape index (κ2) is 24.7. The van der Waals surface area contributed by atoms with Crippen molar-refractivity contribution in [3.63, 3.8) is 0 Å². The van der Waals surface area contributed by atoms with E-state index in [1.807, 2.05) is 80.6 Å². The number of hydrogen-bond donors (Lipinski definition) is 9. The number of nitrogens with one attached hydrogen (secondary N) is 3. The number of fused-ring (bicyclic) bond motifs is 4. The summed E-state index contributed by atoms with van der Waals surface area (Å²) >= 11 is 0. The second-order valence-electron chi connectivity index (χ2n) is 22.2. The Hall–Kier alpha value is -5.46. The zero-order valence-corrected chi connectivity index (χ0v) is 44.4. The summed E-state index contributed by atoms with van der Waals surface area (Å²) in [6, 6.07) is 19.7. The molecular formula is C63H80N4O8. The fraction of sp³-hybridized carbons (Fsp3) is 0.492. The maximum absolute atomic E-state index is 15.1. The molecule has 1 spiro atoms. The number of Topliss-reactive ketones (excluding diaryl/α,β-unsaturated/α-hetero) is 1. The number of aliphatic hydroxyl groups is 4. The van der Waals surface area contributed by atoms with Gasteiger partial charge in [0.05, 0.1) is 30.5 Å². The molecule has 1 amide bonds. The molecule has 3 heterocycles. The van der Waals surface area contributed by atoms with Crippen LogP contribution < -0.4 is 21.7 Å². The Morgan fingerprint density at radius 1 is 0.960 bits per heavy atom. The molecule has 0 saturated heterocycles. The van der Waals surface area contributed by atoms with Gasteiger partial charge in [0, 0.05) is 36.8 Å². The Balaban J connectivity index is 1.18. The van der Waals surface area contributed by atoms with Crippen molar-refractivity contribution >= 4 is 11.7 Å². The van der Waals surface area contributed by atoms with E-state index in [1.165, 1.54) is 5.57 Å². The molecule has 3 aliphatic heterocycles. The van der Waals surface area contributed by atoms with E-state index in [0.29, 0.717) is 86.5 Å². The molecular weight excluding hydrogens is 941 g/mol. The van der Waals surface area contributed by atoms with Crippen LogP contribution >= 0.6 is 0 Å². The van der Waals surface area contributed by atoms with Gasteiger partial charge in [0.25, 0.3) is 0 Å². The number of nitrogens with two attached hydrogens (primary N) is 1. The summed E-state index contributed by atoms with van der Waals surface area (Å²) in [4.78, 5) is 29.1. The predicted octanol–water partition coefficient (Wildman–Crippen LogP) is 7.39. The molecule has 0 radical (unpaired) electrons. The maximum Gasteiger partial charge on any atom is 0.243 e. The first-order valence-corrected chi connectivity index (χ1v) is 27.2. The molecule has 3 aromatic rings. The lowest BCUT2D eigenvalue weighted by Crippen LogP contribution is -2.59. The van der Waals surface area contributed by atoms with Gasteiger partial charge in [-0.2, -0.15) is 0 Å². The number of ether oxygens (including phenoxy) is 1. The average molecular weight is 1020 g/mol. The number of aromatic hydroxyl groups is 1. The van der Waals surface area contributed by atoms with Crippen molar-refractivity contribution in [3.8, 4) is 17.6 Å². The van der Waals surface area contributed by atoms with Gasteiger partial charge in [-0.15, -0.1) is 0 Å². The van der Waals surface area contributed by atoms with Crippen LogP contribution in [0.1, 0.15) is 125 Å². The van der Waals surface area contributed by atoms with Gasteiger partial charge < -0.3 is 46.6 Å². The molecule has 0 aromatic heterocycles. The molecule has 12 heteroatoms. The number of β-amino-alcohol motifs (C(OH)–C–C–N with tert-alkyl or cyclic N) is 1. The highest BCUT2D eigenvalue weighted by molar-refractivity contribution is 5.98. The van der Waals surface area contributed by atoms with Gasteiger partial charge in [0.1, 0.15) is 24.6 Å². The number of ketones is 1. The minimum Gasteiger partial charge on any atom is -0.508 e. The van der Waals surface area contributed by atoms with Gasteiger partial charge in [-0.25, -0.2) is 0 Å². The molecule has 2 fully saturated rings. The van der Waals surface area contributed by atoms with Crippen molar-refractivity contribution in [2.24, 2.45) is 28.9 Å². The Morgan fingerprint density at radius 2 is 1.72 bits per heavy atom. The zero-order valence-electron chi connectivity index (χ0n) is 44.4. The highest BCUT2D eigenvalue weighted by Crippen LogP contribution is 2.63. The third-order valence-electron chi connectivity index (χ3n) is 17.3. The lowest BCUT2D eigenvalue weighted by Gasteiger charge is -2.56. The molecule has 10 N–H and O–H groups in total. The Morgan fingerprint density at radius 3 is 2.49 bits per heavy atom. The molecule has 400 valence electrons. The highest BCUT2D eigenvalue weighted by atomic mass is 16.5. The Bertz CT molecular complexity index is 2750. The molecule has 3 aromatic carbocycles. The quantitative estimate of drug-likeness (QED) is 0.0910. The average Bonchev–Trinajstić information content (AvgIpc) is 3.72. The number of carbonyl (C=O) groups is 2. The second-order valence-corrected chi connectivity index (χ2v) is 22.2. The van der Waals surface area contributed by atoms with Crippen LogP contribution in [0.15, 0.2) is 125 Å². The van der Waals surface area contributed by atoms with E-state index in [4.69, 9.17) is 10.5 Å². The summed E-state index contributed by atoms with van der Waals surface area (Å²) in [5.41, 5.74) is 13.4. The predicted molar refractivity (Wildman–Crippen MR) is 294 cm³/mol. The number of benzene rings is 3. The topological polar surface area (TPSA) is 207 Å². The van der Waals surface area contributed by atoms with E-state index in [0.717, 1.165) is 46.4 Å². The summed E-state index contributed by atoms with van der Waals surface area (Å²) in [7, 11) is 0. The number of hydrogen-bond acceptors (Lipinski definition) is 11. The first kappa shape index (κ1) is 55.8. The van der Waals surface area contributed by atoms with Crippen LogP contribution in [-0.4, -0.2) is 93.5 Å². The van der Waals surface area contributed by atoms with E-state index in [1.54, 1.807) is 12.1 Å². The van der Waals surface area contributed by atoms with Crippen LogP contribution in [0.25, 0.3) is 0 Å². The van der Waals surface area contributed by atoms with Crippen LogP contribution in [0.4, 0.5) is 0 Å². The number of likely N-dealkylation sites (N-methyl/N-ethyl adjacent to an activating group) is 1. The van der Waals surface area contributed by atoms with Gasteiger partial charge in [-0.1, -0.05) is 115 Å². The number of rotatable bonds is 5. The van der Waals surface area contributed by atoms with Gasteiger partial charge in [-0.3, -0.25) is 14.9 Å². The third kappa shape index (κ3) is 12.7. The van der Waals surface area contributed by atoms with E-state index in [-0.39, 0.29) is 61.5 Å². The van der Waals surface area contributed by atoms with Gasteiger partial charge >= 0.3 is 0 Å². The summed E-state index contributed by atoms with van der Waals surface area (Å²) in [5, 5.41) is 70.0. The zero-order chi connectivity index (χ0) is 53.4. The number of amides is 1. The number of phenolic OH excluding ortho intramolecular Hbond substituents is 1. The standard InChI is InChI=1S/C63H80N4O8/c1-6-65-54-26-19-39(2)12-7-8-31-75-38-46(17-9-13-40(54)3)51-28-30-63(59(51)72)53-25-24-49(69)35-44-15-10-14-43(32-44)34-47(33-42-20-22-48(68)23-21-42)56(71)37-66-58-57-45(16-11-18-52(57)60(64)67-61(58)73)36-55(70)41(4)50(53)27-29-62(63,5)74/h9-11,13-23,32,47,49,51,53-54,56,58-60,65-66,68-69,71-72,74H,3,6,12,24-31,33-38,64H2,1-2,4-5H3,(H,67,73). The van der Waals surface area contributed by atoms with Crippen molar-refractivity contribution in [2.75, 3.05) is 26.3 Å². The number of aliphatic hydroxyl groups excluding tert-OH is 3. The van der Waals surface area contributed by atoms with E-state index >= 15 is 4.79 Å². The number of allylic oxidation sites excluding steroid dienone is 5. The molecule has 75 heavy (non-hydrogen) atoms. The van der Waals surface area contributed by atoms with Crippen LogP contribution in [0.3, 0.4) is 0 Å². The van der Waals surface area contributed by atoms with Gasteiger partial charge in [-0.05, 0) is 166 Å². The maximum atomic E-state index is 15.1.